The molecule has 0 aliphatic rings. The van der Waals surface area contributed by atoms with Gasteiger partial charge in [0, 0.05) is 0 Å². The average Bonchev–Trinajstić information content (AvgIpc) is 2.47. The molecule has 0 aliphatic carbocycles. The van der Waals surface area contributed by atoms with Gasteiger partial charge in [0.15, 0.2) is 6.61 Å². The van der Waals surface area contributed by atoms with Crippen LogP contribution in [-0.2, 0) is 11.0 Å². The number of ether oxygens (including phenoxy) is 1. The minimum atomic E-state index is -4.63. The van der Waals surface area contributed by atoms with Crippen LogP contribution in [0.3, 0.4) is 0 Å². The van der Waals surface area contributed by atoms with Gasteiger partial charge >= 0.3 is 6.18 Å². The summed E-state index contributed by atoms with van der Waals surface area (Å²) < 4.78 is 44.7. The summed E-state index contributed by atoms with van der Waals surface area (Å²) in [5, 5.41) is 1.94. The number of nitrogens with one attached hydrogen (secondary N) is 1. The Kier molecular flexibility index (Phi) is 5.54. The number of halogens is 5. The smallest absolute Gasteiger partial charge is 0.418 e. The van der Waals surface area contributed by atoms with E-state index < -0.39 is 29.9 Å². The second kappa shape index (κ2) is 7.23. The molecule has 0 bridgehead atoms. The van der Waals surface area contributed by atoms with Crippen LogP contribution in [0.25, 0.3) is 0 Å². The number of para-hydroxylation sites is 2. The van der Waals surface area contributed by atoms with Crippen LogP contribution in [0.5, 0.6) is 5.75 Å². The quantitative estimate of drug-likeness (QED) is 0.761. The molecule has 0 aromatic heterocycles. The molecule has 0 atom stereocenters. The lowest BCUT2D eigenvalue weighted by Gasteiger charge is -2.15. The average molecular weight is 409 g/mol. The van der Waals surface area contributed by atoms with Crippen LogP contribution in [0.4, 0.5) is 18.9 Å². The summed E-state index contributed by atoms with van der Waals surface area (Å²) >= 11 is 8.99. The van der Waals surface area contributed by atoms with E-state index >= 15 is 0 Å². The van der Waals surface area contributed by atoms with Crippen molar-refractivity contribution in [1.82, 2.24) is 0 Å². The van der Waals surface area contributed by atoms with E-state index in [9.17, 15) is 18.0 Å². The Bertz CT molecular complexity index is 722. The van der Waals surface area contributed by atoms with E-state index in [2.05, 4.69) is 21.2 Å². The highest BCUT2D eigenvalue weighted by Crippen LogP contribution is 2.38. The molecule has 0 unspecified atom stereocenters. The predicted molar refractivity (Wildman–Crippen MR) is 84.7 cm³/mol. The van der Waals surface area contributed by atoms with Crippen molar-refractivity contribution in [2.24, 2.45) is 0 Å². The summed E-state index contributed by atoms with van der Waals surface area (Å²) in [7, 11) is 0. The highest BCUT2D eigenvalue weighted by molar-refractivity contribution is 9.10. The van der Waals surface area contributed by atoms with Gasteiger partial charge in [-0.15, -0.1) is 0 Å². The van der Waals surface area contributed by atoms with Crippen molar-refractivity contribution in [3.63, 3.8) is 0 Å². The topological polar surface area (TPSA) is 38.3 Å². The van der Waals surface area contributed by atoms with Gasteiger partial charge in [-0.1, -0.05) is 29.8 Å². The molecule has 2 aromatic rings. The van der Waals surface area contributed by atoms with E-state index in [-0.39, 0.29) is 5.02 Å². The Hall–Kier alpha value is -1.73. The molecule has 0 radical (unpaired) electrons. The molecule has 0 aliphatic heterocycles. The van der Waals surface area contributed by atoms with Crippen LogP contribution in [0, 0.1) is 0 Å². The van der Waals surface area contributed by atoms with Gasteiger partial charge in [-0.05, 0) is 40.2 Å². The molecule has 0 saturated carbocycles. The van der Waals surface area contributed by atoms with Gasteiger partial charge in [-0.25, -0.2) is 0 Å². The Morgan fingerprint density at radius 1 is 1.17 bits per heavy atom. The molecule has 1 amide bonds. The van der Waals surface area contributed by atoms with Gasteiger partial charge in [0.05, 0.1) is 20.7 Å². The first kappa shape index (κ1) is 17.6. The minimum absolute atomic E-state index is 0.200. The summed E-state index contributed by atoms with van der Waals surface area (Å²) in [4.78, 5) is 11.9. The van der Waals surface area contributed by atoms with Gasteiger partial charge in [0.2, 0.25) is 0 Å². The zero-order chi connectivity index (χ0) is 17.0. The number of anilines is 1. The van der Waals surface area contributed by atoms with Crippen molar-refractivity contribution in [3.8, 4) is 5.75 Å². The SMILES string of the molecule is O=C(COc1ccccc1Br)Nc1c(Cl)cccc1C(F)(F)F. The van der Waals surface area contributed by atoms with Crippen LogP contribution >= 0.6 is 27.5 Å². The predicted octanol–water partition coefficient (Wildman–Crippen LogP) is 5.14. The molecular formula is C15H10BrClF3NO2. The largest absolute Gasteiger partial charge is 0.483 e. The van der Waals surface area contributed by atoms with Crippen LogP contribution in [-0.4, -0.2) is 12.5 Å². The summed E-state index contributed by atoms with van der Waals surface area (Å²) in [5.41, 5.74) is -1.50. The van der Waals surface area contributed by atoms with E-state index in [0.29, 0.717) is 10.2 Å². The molecule has 2 aromatic carbocycles. The maximum absolute atomic E-state index is 12.9. The third kappa shape index (κ3) is 4.62. The number of carbonyl (C=O) groups is 1. The fourth-order valence-corrected chi connectivity index (χ4v) is 2.39. The van der Waals surface area contributed by atoms with Gasteiger partial charge < -0.3 is 10.1 Å². The number of benzene rings is 2. The zero-order valence-electron chi connectivity index (χ0n) is 11.5. The Morgan fingerprint density at radius 3 is 2.52 bits per heavy atom. The van der Waals surface area contributed by atoms with Gasteiger partial charge in [0.1, 0.15) is 5.75 Å². The third-order valence-corrected chi connectivity index (χ3v) is 3.75. The standard InChI is InChI=1S/C15H10BrClF3NO2/c16-10-5-1-2-7-12(10)23-8-13(22)21-14-9(15(18,19)20)4-3-6-11(14)17/h1-7H,8H2,(H,21,22). The lowest BCUT2D eigenvalue weighted by Crippen LogP contribution is -2.22. The van der Waals surface area contributed by atoms with Crippen LogP contribution in [0.15, 0.2) is 46.9 Å². The molecule has 3 nitrogen and oxygen atoms in total. The van der Waals surface area contributed by atoms with Crippen molar-refractivity contribution in [1.29, 1.82) is 0 Å². The van der Waals surface area contributed by atoms with Crippen molar-refractivity contribution in [3.05, 3.63) is 57.5 Å². The molecule has 23 heavy (non-hydrogen) atoms. The van der Waals surface area contributed by atoms with Gasteiger partial charge in [-0.2, -0.15) is 13.2 Å². The molecule has 8 heteroatoms. The van der Waals surface area contributed by atoms with Gasteiger partial charge in [-0.3, -0.25) is 4.79 Å². The van der Waals surface area contributed by atoms with Crippen molar-refractivity contribution in [2.45, 2.75) is 6.18 Å². The highest BCUT2D eigenvalue weighted by atomic mass is 79.9. The third-order valence-electron chi connectivity index (χ3n) is 2.78. The van der Waals surface area contributed by atoms with E-state index in [4.69, 9.17) is 16.3 Å². The molecule has 0 heterocycles. The Balaban J connectivity index is 2.11. The maximum atomic E-state index is 12.9. The molecular weight excluding hydrogens is 399 g/mol. The molecule has 0 fully saturated rings. The minimum Gasteiger partial charge on any atom is -0.483 e. The van der Waals surface area contributed by atoms with Gasteiger partial charge in [0.25, 0.3) is 5.91 Å². The summed E-state index contributed by atoms with van der Waals surface area (Å²) in [6, 6.07) is 10.1. The number of carbonyl (C=O) groups excluding carboxylic acids is 1. The maximum Gasteiger partial charge on any atom is 0.418 e. The van der Waals surface area contributed by atoms with Crippen molar-refractivity contribution >= 4 is 39.1 Å². The first-order valence-electron chi connectivity index (χ1n) is 6.32. The van der Waals surface area contributed by atoms with Crippen molar-refractivity contribution in [2.75, 3.05) is 11.9 Å². The number of alkyl halides is 3. The summed E-state index contributed by atoms with van der Waals surface area (Å²) in [6.07, 6.45) is -4.63. The molecule has 1 N–H and O–H groups in total. The number of rotatable bonds is 4. The first-order chi connectivity index (χ1) is 10.8. The van der Waals surface area contributed by atoms with E-state index in [1.807, 2.05) is 0 Å². The molecule has 0 saturated heterocycles. The van der Waals surface area contributed by atoms with E-state index in [0.717, 1.165) is 6.07 Å². The summed E-state index contributed by atoms with van der Waals surface area (Å²) in [6.45, 7) is -0.453. The number of amides is 1. The fraction of sp³-hybridized carbons (Fsp3) is 0.133. The molecule has 2 rings (SSSR count). The van der Waals surface area contributed by atoms with E-state index in [1.54, 1.807) is 24.3 Å². The van der Waals surface area contributed by atoms with Crippen LogP contribution in [0.2, 0.25) is 5.02 Å². The van der Waals surface area contributed by atoms with Crippen molar-refractivity contribution < 1.29 is 22.7 Å². The second-order valence-corrected chi connectivity index (χ2v) is 5.69. The molecule has 122 valence electrons. The second-order valence-electron chi connectivity index (χ2n) is 4.43. The normalized spacial score (nSPS) is 11.2. The van der Waals surface area contributed by atoms with E-state index in [1.165, 1.54) is 12.1 Å². The Morgan fingerprint density at radius 2 is 1.87 bits per heavy atom. The van der Waals surface area contributed by atoms with Crippen LogP contribution in [0.1, 0.15) is 5.56 Å². The highest BCUT2D eigenvalue weighted by Gasteiger charge is 2.34. The van der Waals surface area contributed by atoms with Crippen LogP contribution < -0.4 is 10.1 Å². The lowest BCUT2D eigenvalue weighted by atomic mass is 10.1. The Labute approximate surface area is 143 Å². The summed E-state index contributed by atoms with van der Waals surface area (Å²) in [5.74, 6) is -0.350. The first-order valence-corrected chi connectivity index (χ1v) is 7.49. The monoisotopic (exact) mass is 407 g/mol. The molecule has 0 spiro atoms. The fourth-order valence-electron chi connectivity index (χ4n) is 1.77. The lowest BCUT2D eigenvalue weighted by molar-refractivity contribution is -0.137. The number of hydrogen-bond acceptors (Lipinski definition) is 2. The zero-order valence-corrected chi connectivity index (χ0v) is 13.8. The number of hydrogen-bond donors (Lipinski definition) is 1.